The van der Waals surface area contributed by atoms with Gasteiger partial charge in [-0.05, 0) is 44.0 Å². The van der Waals surface area contributed by atoms with Crippen LogP contribution in [-0.2, 0) is 9.53 Å². The number of carbonyl (C=O) groups excluding carboxylic acids is 1. The van der Waals surface area contributed by atoms with Crippen molar-refractivity contribution in [2.75, 3.05) is 6.61 Å². The smallest absolute Gasteiger partial charge is 0.338 e. The van der Waals surface area contributed by atoms with Gasteiger partial charge in [0.15, 0.2) is 10.6 Å². The van der Waals surface area contributed by atoms with Crippen molar-refractivity contribution >= 4 is 29.1 Å². The maximum atomic E-state index is 13.5. The summed E-state index contributed by atoms with van der Waals surface area (Å²) in [6.45, 7) is 5.54. The lowest BCUT2D eigenvalue weighted by Crippen LogP contribution is -2.39. The fourth-order valence-corrected chi connectivity index (χ4v) is 4.83. The molecule has 174 valence electrons. The summed E-state index contributed by atoms with van der Waals surface area (Å²) in [7, 11) is 0. The topological polar surface area (TPSA) is 124 Å². The zero-order chi connectivity index (χ0) is 24.6. The number of ether oxygens (including phenoxy) is 1. The van der Waals surface area contributed by atoms with E-state index >= 15 is 0 Å². The molecule has 10 heteroatoms. The summed E-state index contributed by atoms with van der Waals surface area (Å²) >= 11 is 1.12. The second-order valence-corrected chi connectivity index (χ2v) is 8.73. The van der Waals surface area contributed by atoms with Crippen LogP contribution in [0.15, 0.2) is 63.5 Å². The maximum absolute atomic E-state index is 13.5. The molecule has 0 amide bonds. The van der Waals surface area contributed by atoms with Crippen molar-refractivity contribution in [1.82, 2.24) is 4.57 Å². The number of rotatable bonds is 5. The first-order chi connectivity index (χ1) is 16.2. The number of fused-ring (bicyclic) bond motifs is 1. The summed E-state index contributed by atoms with van der Waals surface area (Å²) < 4.78 is 7.01. The maximum Gasteiger partial charge on any atom is 0.338 e. The zero-order valence-electron chi connectivity index (χ0n) is 18.6. The first kappa shape index (κ1) is 23.1. The van der Waals surface area contributed by atoms with E-state index in [-0.39, 0.29) is 22.3 Å². The highest BCUT2D eigenvalue weighted by atomic mass is 32.1. The Morgan fingerprint density at radius 2 is 1.97 bits per heavy atom. The molecule has 1 aromatic heterocycles. The minimum Gasteiger partial charge on any atom is -0.502 e. The summed E-state index contributed by atoms with van der Waals surface area (Å²) in [5, 5.41) is 20.9. The predicted octanol–water partition coefficient (Wildman–Crippen LogP) is 2.72. The number of esters is 1. The monoisotopic (exact) mass is 479 g/mol. The molecule has 1 aliphatic heterocycles. The van der Waals surface area contributed by atoms with Gasteiger partial charge in [0, 0.05) is 6.07 Å². The third-order valence-electron chi connectivity index (χ3n) is 5.40. The van der Waals surface area contributed by atoms with Crippen molar-refractivity contribution in [3.63, 3.8) is 0 Å². The SMILES string of the molecule is CCOC(=O)C1=C(C)N=c2s/c(=C/c3ccc(O)c([N+](=O)[O-])c3)c(=O)n2[C@@H]1c1ccc(C)cc1. The molecule has 0 aliphatic carbocycles. The number of nitrogens with zero attached hydrogens (tertiary/aromatic N) is 3. The van der Waals surface area contributed by atoms with Crippen LogP contribution >= 0.6 is 11.3 Å². The van der Waals surface area contributed by atoms with E-state index in [0.717, 1.165) is 22.5 Å². The number of phenols is 1. The molecule has 0 saturated heterocycles. The predicted molar refractivity (Wildman–Crippen MR) is 126 cm³/mol. The van der Waals surface area contributed by atoms with Gasteiger partial charge in [0.2, 0.25) is 0 Å². The zero-order valence-corrected chi connectivity index (χ0v) is 19.5. The number of aromatic hydroxyl groups is 1. The van der Waals surface area contributed by atoms with Gasteiger partial charge in [-0.2, -0.15) is 0 Å². The number of nitro benzene ring substituents is 1. The number of hydrogen-bond acceptors (Lipinski definition) is 8. The molecular weight excluding hydrogens is 458 g/mol. The summed E-state index contributed by atoms with van der Waals surface area (Å²) in [4.78, 5) is 41.8. The van der Waals surface area contributed by atoms with E-state index in [1.54, 1.807) is 13.8 Å². The number of allylic oxidation sites excluding steroid dienone is 1. The average Bonchev–Trinajstić information content (AvgIpc) is 3.09. The quantitative estimate of drug-likeness (QED) is 0.341. The Balaban J connectivity index is 1.94. The second kappa shape index (κ2) is 9.06. The number of phenolic OH excluding ortho intramolecular Hbond substituents is 1. The fraction of sp³-hybridized carbons (Fsp3) is 0.208. The first-order valence-electron chi connectivity index (χ1n) is 10.4. The minimum atomic E-state index is -0.729. The molecule has 0 fully saturated rings. The fourth-order valence-electron chi connectivity index (χ4n) is 3.78. The van der Waals surface area contributed by atoms with Gasteiger partial charge in [0.05, 0.1) is 33.4 Å². The van der Waals surface area contributed by atoms with Crippen LogP contribution in [0.5, 0.6) is 5.75 Å². The average molecular weight is 480 g/mol. The number of aromatic nitrogens is 1. The van der Waals surface area contributed by atoms with Gasteiger partial charge in [0.1, 0.15) is 0 Å². The lowest BCUT2D eigenvalue weighted by atomic mass is 9.95. The number of thiazole rings is 1. The van der Waals surface area contributed by atoms with Crippen molar-refractivity contribution in [3.05, 3.63) is 100 Å². The van der Waals surface area contributed by atoms with E-state index in [1.165, 1.54) is 28.8 Å². The van der Waals surface area contributed by atoms with Crippen LogP contribution in [0.3, 0.4) is 0 Å². The van der Waals surface area contributed by atoms with Gasteiger partial charge in [0.25, 0.3) is 5.56 Å². The molecule has 0 spiro atoms. The number of aryl methyl sites for hydroxylation is 1. The van der Waals surface area contributed by atoms with Crippen LogP contribution in [0.2, 0.25) is 0 Å². The molecule has 34 heavy (non-hydrogen) atoms. The van der Waals surface area contributed by atoms with Crippen LogP contribution in [0.25, 0.3) is 6.08 Å². The molecule has 0 radical (unpaired) electrons. The van der Waals surface area contributed by atoms with Gasteiger partial charge in [-0.1, -0.05) is 47.2 Å². The summed E-state index contributed by atoms with van der Waals surface area (Å²) in [6, 6.07) is 10.7. The van der Waals surface area contributed by atoms with Crippen molar-refractivity contribution in [2.45, 2.75) is 26.8 Å². The molecule has 1 N–H and O–H groups in total. The highest BCUT2D eigenvalue weighted by molar-refractivity contribution is 7.07. The van der Waals surface area contributed by atoms with Crippen LogP contribution in [0.1, 0.15) is 36.6 Å². The Hall–Kier alpha value is -4.05. The summed E-state index contributed by atoms with van der Waals surface area (Å²) in [6.07, 6.45) is 1.51. The third kappa shape index (κ3) is 4.15. The molecule has 9 nitrogen and oxygen atoms in total. The number of hydrogen-bond donors (Lipinski definition) is 1. The highest BCUT2D eigenvalue weighted by Crippen LogP contribution is 2.31. The van der Waals surface area contributed by atoms with Gasteiger partial charge < -0.3 is 9.84 Å². The van der Waals surface area contributed by atoms with Crippen LogP contribution in [-0.4, -0.2) is 27.2 Å². The molecule has 0 bridgehead atoms. The number of nitro groups is 1. The lowest BCUT2D eigenvalue weighted by molar-refractivity contribution is -0.385. The Kier molecular flexibility index (Phi) is 6.16. The Morgan fingerprint density at radius 3 is 2.62 bits per heavy atom. The van der Waals surface area contributed by atoms with Crippen molar-refractivity contribution in [1.29, 1.82) is 0 Å². The Bertz CT molecular complexity index is 1520. The van der Waals surface area contributed by atoms with Crippen LogP contribution in [0, 0.1) is 17.0 Å². The van der Waals surface area contributed by atoms with Gasteiger partial charge in [-0.25, -0.2) is 9.79 Å². The molecule has 4 rings (SSSR count). The van der Waals surface area contributed by atoms with E-state index in [2.05, 4.69) is 4.99 Å². The first-order valence-corrected chi connectivity index (χ1v) is 11.3. The van der Waals surface area contributed by atoms with Crippen LogP contribution in [0.4, 0.5) is 5.69 Å². The molecule has 2 heterocycles. The highest BCUT2D eigenvalue weighted by Gasteiger charge is 2.33. The van der Waals surface area contributed by atoms with Gasteiger partial charge >= 0.3 is 11.7 Å². The number of carbonyl (C=O) groups is 1. The third-order valence-corrected chi connectivity index (χ3v) is 6.39. The van der Waals surface area contributed by atoms with Crippen LogP contribution < -0.4 is 14.9 Å². The van der Waals surface area contributed by atoms with Gasteiger partial charge in [-0.3, -0.25) is 19.5 Å². The number of benzene rings is 2. The second-order valence-electron chi connectivity index (χ2n) is 7.72. The van der Waals surface area contributed by atoms with Gasteiger partial charge in [-0.15, -0.1) is 0 Å². The molecule has 1 aliphatic rings. The molecule has 2 aromatic carbocycles. The summed E-state index contributed by atoms with van der Waals surface area (Å²) in [5.41, 5.74) is 2.03. The van der Waals surface area contributed by atoms with E-state index in [4.69, 9.17) is 4.74 Å². The van der Waals surface area contributed by atoms with Crippen molar-refractivity contribution < 1.29 is 19.6 Å². The Labute approximate surface area is 197 Å². The minimum absolute atomic E-state index is 0.181. The largest absolute Gasteiger partial charge is 0.502 e. The Morgan fingerprint density at radius 1 is 1.26 bits per heavy atom. The van der Waals surface area contributed by atoms with E-state index in [1.807, 2.05) is 31.2 Å². The summed E-state index contributed by atoms with van der Waals surface area (Å²) in [5.74, 6) is -1.00. The molecular formula is C24H21N3O6S. The van der Waals surface area contributed by atoms with E-state index in [9.17, 15) is 24.8 Å². The van der Waals surface area contributed by atoms with E-state index < -0.39 is 28.4 Å². The molecule has 1 atom stereocenters. The van der Waals surface area contributed by atoms with E-state index in [0.29, 0.717) is 16.1 Å². The molecule has 0 unspecified atom stereocenters. The molecule has 3 aromatic rings. The standard InChI is InChI=1S/C24H21N3O6S/c1-4-33-23(30)20-14(3)25-24-26(21(20)16-8-5-13(2)6-9-16)22(29)19(34-24)12-15-7-10-18(28)17(11-15)27(31)32/h5-12,21,28H,4H2,1-3H3/b19-12+/t21-/m1/s1. The normalized spacial score (nSPS) is 15.6. The van der Waals surface area contributed by atoms with Crippen molar-refractivity contribution in [2.24, 2.45) is 4.99 Å². The van der Waals surface area contributed by atoms with Crippen molar-refractivity contribution in [3.8, 4) is 5.75 Å². The lowest BCUT2D eigenvalue weighted by Gasteiger charge is -2.24. The molecule has 0 saturated carbocycles.